The van der Waals surface area contributed by atoms with Gasteiger partial charge in [0, 0.05) is 32.0 Å². The maximum absolute atomic E-state index is 12.6. The topological polar surface area (TPSA) is 96.7 Å². The third kappa shape index (κ3) is 4.29. The van der Waals surface area contributed by atoms with Crippen LogP contribution in [0.4, 0.5) is 0 Å². The van der Waals surface area contributed by atoms with E-state index < -0.39 is 19.9 Å². The monoisotopic (exact) mass is 338 g/mol. The first kappa shape index (κ1) is 18.1. The first-order valence-electron chi connectivity index (χ1n) is 6.38. The van der Waals surface area contributed by atoms with Crippen LogP contribution in [0.5, 0.6) is 0 Å². The summed E-state index contributed by atoms with van der Waals surface area (Å²) in [5.74, 6) is 0.626. The SMILES string of the molecule is CNCc1c(C)oc(C)c1S(=O)(=O)N(C)CCS(C)(=O)=O. The van der Waals surface area contributed by atoms with E-state index >= 15 is 0 Å². The summed E-state index contributed by atoms with van der Waals surface area (Å²) >= 11 is 0. The molecule has 0 aliphatic heterocycles. The van der Waals surface area contributed by atoms with Crippen molar-refractivity contribution >= 4 is 19.9 Å². The molecule has 7 nitrogen and oxygen atoms in total. The third-order valence-corrected chi connectivity index (χ3v) is 6.10. The zero-order valence-electron chi connectivity index (χ0n) is 12.9. The number of furan rings is 1. The predicted octanol–water partition coefficient (Wildman–Crippen LogP) is 0.281. The molecule has 9 heteroatoms. The molecule has 1 N–H and O–H groups in total. The molecule has 0 atom stereocenters. The number of sulfonamides is 1. The van der Waals surface area contributed by atoms with Crippen molar-refractivity contribution in [1.82, 2.24) is 9.62 Å². The Balaban J connectivity index is 3.19. The van der Waals surface area contributed by atoms with Crippen molar-refractivity contribution in [2.75, 3.05) is 32.6 Å². The molecular formula is C12H22N2O5S2. The summed E-state index contributed by atoms with van der Waals surface area (Å²) < 4.78 is 54.1. The van der Waals surface area contributed by atoms with Crippen LogP contribution in [0.2, 0.25) is 0 Å². The van der Waals surface area contributed by atoms with E-state index in [2.05, 4.69) is 5.32 Å². The van der Waals surface area contributed by atoms with Gasteiger partial charge in [0.15, 0.2) is 0 Å². The number of nitrogens with one attached hydrogen (secondary N) is 1. The molecule has 0 aromatic carbocycles. The fraction of sp³-hybridized carbons (Fsp3) is 0.667. The summed E-state index contributed by atoms with van der Waals surface area (Å²) in [5, 5.41) is 2.91. The number of sulfone groups is 1. The standard InChI is InChI=1S/C12H22N2O5S2/c1-9-11(8-13-3)12(10(2)19-9)21(17,18)14(4)6-7-20(5,15)16/h13H,6-8H2,1-5H3. The van der Waals surface area contributed by atoms with Gasteiger partial charge in [0.1, 0.15) is 26.3 Å². The minimum Gasteiger partial charge on any atom is -0.465 e. The molecule has 21 heavy (non-hydrogen) atoms. The molecule has 0 aliphatic carbocycles. The minimum absolute atomic E-state index is 0.0934. The van der Waals surface area contributed by atoms with Crippen molar-refractivity contribution in [3.63, 3.8) is 0 Å². The lowest BCUT2D eigenvalue weighted by molar-refractivity contribution is 0.473. The molecule has 1 aromatic heterocycles. The predicted molar refractivity (Wildman–Crippen MR) is 80.5 cm³/mol. The second kappa shape index (κ2) is 6.47. The average molecular weight is 338 g/mol. The van der Waals surface area contributed by atoms with E-state index in [0.717, 1.165) is 10.6 Å². The molecule has 0 spiro atoms. The highest BCUT2D eigenvalue weighted by Gasteiger charge is 2.30. The quantitative estimate of drug-likeness (QED) is 0.767. The van der Waals surface area contributed by atoms with Crippen molar-refractivity contribution in [2.45, 2.75) is 25.3 Å². The molecule has 0 amide bonds. The first-order chi connectivity index (χ1) is 9.50. The Bertz CT molecular complexity index is 704. The zero-order valence-corrected chi connectivity index (χ0v) is 14.6. The van der Waals surface area contributed by atoms with Crippen molar-refractivity contribution in [1.29, 1.82) is 0 Å². The van der Waals surface area contributed by atoms with Crippen LogP contribution < -0.4 is 5.32 Å². The lowest BCUT2D eigenvalue weighted by Crippen LogP contribution is -2.32. The Morgan fingerprint density at radius 2 is 1.71 bits per heavy atom. The lowest BCUT2D eigenvalue weighted by atomic mass is 10.2. The number of rotatable bonds is 7. The van der Waals surface area contributed by atoms with Gasteiger partial charge in [-0.3, -0.25) is 0 Å². The Kier molecular flexibility index (Phi) is 5.59. The van der Waals surface area contributed by atoms with Crippen LogP contribution in [0.3, 0.4) is 0 Å². The van der Waals surface area contributed by atoms with Gasteiger partial charge in [-0.2, -0.15) is 4.31 Å². The summed E-state index contributed by atoms with van der Waals surface area (Å²) in [6, 6.07) is 0. The fourth-order valence-corrected chi connectivity index (χ4v) is 4.30. The summed E-state index contributed by atoms with van der Waals surface area (Å²) in [6.45, 7) is 3.56. The van der Waals surface area contributed by atoms with E-state index in [-0.39, 0.29) is 17.2 Å². The molecule has 0 unspecified atom stereocenters. The van der Waals surface area contributed by atoms with Crippen LogP contribution >= 0.6 is 0 Å². The van der Waals surface area contributed by atoms with Crippen molar-refractivity contribution in [3.8, 4) is 0 Å². The molecule has 1 aromatic rings. The van der Waals surface area contributed by atoms with Crippen LogP contribution in [-0.2, 0) is 26.4 Å². The summed E-state index contributed by atoms with van der Waals surface area (Å²) in [5.41, 5.74) is 0.571. The van der Waals surface area contributed by atoms with Gasteiger partial charge in [-0.05, 0) is 20.9 Å². The molecular weight excluding hydrogens is 316 g/mol. The third-order valence-electron chi connectivity index (χ3n) is 3.12. The van der Waals surface area contributed by atoms with E-state index in [1.807, 2.05) is 0 Å². The molecule has 0 aliphatic rings. The Morgan fingerprint density at radius 3 is 2.19 bits per heavy atom. The van der Waals surface area contributed by atoms with Gasteiger partial charge < -0.3 is 9.73 Å². The van der Waals surface area contributed by atoms with Gasteiger partial charge in [0.25, 0.3) is 0 Å². The van der Waals surface area contributed by atoms with Gasteiger partial charge in [-0.1, -0.05) is 0 Å². The van der Waals surface area contributed by atoms with E-state index in [4.69, 9.17) is 4.42 Å². The first-order valence-corrected chi connectivity index (χ1v) is 9.88. The average Bonchev–Trinajstić information content (AvgIpc) is 2.61. The highest BCUT2D eigenvalue weighted by Crippen LogP contribution is 2.28. The van der Waals surface area contributed by atoms with E-state index in [0.29, 0.717) is 23.6 Å². The molecule has 0 radical (unpaired) electrons. The molecule has 1 rings (SSSR count). The molecule has 122 valence electrons. The van der Waals surface area contributed by atoms with Crippen molar-refractivity contribution in [2.24, 2.45) is 0 Å². The van der Waals surface area contributed by atoms with Crippen LogP contribution in [0.25, 0.3) is 0 Å². The van der Waals surface area contributed by atoms with Gasteiger partial charge in [0.2, 0.25) is 10.0 Å². The maximum Gasteiger partial charge on any atom is 0.246 e. The lowest BCUT2D eigenvalue weighted by Gasteiger charge is -2.17. The molecule has 1 heterocycles. The largest absolute Gasteiger partial charge is 0.465 e. The summed E-state index contributed by atoms with van der Waals surface area (Å²) in [7, 11) is -3.94. The van der Waals surface area contributed by atoms with E-state index in [9.17, 15) is 16.8 Å². The summed E-state index contributed by atoms with van der Waals surface area (Å²) in [6.07, 6.45) is 1.08. The van der Waals surface area contributed by atoms with Gasteiger partial charge in [0.05, 0.1) is 5.75 Å². The number of hydrogen-bond acceptors (Lipinski definition) is 6. The minimum atomic E-state index is -3.79. The van der Waals surface area contributed by atoms with E-state index in [1.165, 1.54) is 7.05 Å². The molecule has 0 saturated heterocycles. The number of aryl methyl sites for hydroxylation is 2. The second-order valence-electron chi connectivity index (χ2n) is 5.01. The maximum atomic E-state index is 12.6. The summed E-state index contributed by atoms with van der Waals surface area (Å²) in [4.78, 5) is 0.116. The molecule has 0 fully saturated rings. The van der Waals surface area contributed by atoms with Crippen LogP contribution in [-0.4, -0.2) is 53.8 Å². The van der Waals surface area contributed by atoms with Crippen LogP contribution in [0.1, 0.15) is 17.1 Å². The van der Waals surface area contributed by atoms with E-state index in [1.54, 1.807) is 20.9 Å². The molecule has 0 saturated carbocycles. The van der Waals surface area contributed by atoms with Crippen LogP contribution in [0, 0.1) is 13.8 Å². The Morgan fingerprint density at radius 1 is 1.14 bits per heavy atom. The fourth-order valence-electron chi connectivity index (χ4n) is 2.00. The van der Waals surface area contributed by atoms with Gasteiger partial charge in [-0.25, -0.2) is 16.8 Å². The van der Waals surface area contributed by atoms with Crippen molar-refractivity contribution < 1.29 is 21.3 Å². The number of nitrogens with zero attached hydrogens (tertiary/aromatic N) is 1. The van der Waals surface area contributed by atoms with Crippen LogP contribution in [0.15, 0.2) is 9.31 Å². The highest BCUT2D eigenvalue weighted by molar-refractivity contribution is 7.91. The Labute approximate surface area is 126 Å². The Hall–Kier alpha value is -0.900. The number of hydrogen-bond donors (Lipinski definition) is 1. The van der Waals surface area contributed by atoms with Gasteiger partial charge in [-0.15, -0.1) is 0 Å². The van der Waals surface area contributed by atoms with Crippen molar-refractivity contribution in [3.05, 3.63) is 17.1 Å². The molecule has 0 bridgehead atoms. The highest BCUT2D eigenvalue weighted by atomic mass is 32.2. The smallest absolute Gasteiger partial charge is 0.246 e. The normalized spacial score (nSPS) is 13.0. The van der Waals surface area contributed by atoms with Gasteiger partial charge >= 0.3 is 0 Å². The second-order valence-corrected chi connectivity index (χ2v) is 9.25. The zero-order chi connectivity index (χ0) is 16.4.